The molecule has 8 nitrogen and oxygen atoms in total. The first-order valence-electron chi connectivity index (χ1n) is 10.2. The van der Waals surface area contributed by atoms with Crippen molar-refractivity contribution in [1.82, 2.24) is 10.9 Å². The zero-order chi connectivity index (χ0) is 23.8. The van der Waals surface area contributed by atoms with Crippen LogP contribution in [0.5, 0.6) is 11.5 Å². The molecule has 3 N–H and O–H groups in total. The summed E-state index contributed by atoms with van der Waals surface area (Å²) in [5.74, 6) is -0.156. The van der Waals surface area contributed by atoms with Gasteiger partial charge < -0.3 is 14.8 Å². The number of benzene rings is 3. The number of hydrogen-bond acceptors (Lipinski definition) is 5. The molecule has 3 amide bonds. The van der Waals surface area contributed by atoms with Crippen molar-refractivity contribution in [1.29, 1.82) is 0 Å². The lowest BCUT2D eigenvalue weighted by Crippen LogP contribution is -2.41. The molecule has 0 unspecified atom stereocenters. The van der Waals surface area contributed by atoms with Gasteiger partial charge in [0.1, 0.15) is 11.5 Å². The molecule has 8 heteroatoms. The van der Waals surface area contributed by atoms with E-state index in [2.05, 4.69) is 16.2 Å². The zero-order valence-corrected chi connectivity index (χ0v) is 18.6. The van der Waals surface area contributed by atoms with E-state index in [1.165, 1.54) is 12.1 Å². The number of rotatable bonds is 7. The normalized spacial score (nSPS) is 10.2. The molecule has 0 saturated carbocycles. The van der Waals surface area contributed by atoms with Crippen molar-refractivity contribution in [3.63, 3.8) is 0 Å². The summed E-state index contributed by atoms with van der Waals surface area (Å²) in [5, 5.41) is 2.72. The van der Waals surface area contributed by atoms with E-state index in [9.17, 15) is 14.4 Å². The predicted octanol–water partition coefficient (Wildman–Crippen LogP) is 3.40. The number of aryl methyl sites for hydroxylation is 2. The van der Waals surface area contributed by atoms with Crippen molar-refractivity contribution in [2.24, 2.45) is 0 Å². The van der Waals surface area contributed by atoms with Gasteiger partial charge >= 0.3 is 0 Å². The summed E-state index contributed by atoms with van der Waals surface area (Å²) in [5.41, 5.74) is 8.07. The third-order valence-corrected chi connectivity index (χ3v) is 4.76. The first-order valence-corrected chi connectivity index (χ1v) is 10.2. The number of hydrogen-bond donors (Lipinski definition) is 3. The summed E-state index contributed by atoms with van der Waals surface area (Å²) in [6, 6.07) is 18.6. The van der Waals surface area contributed by atoms with Gasteiger partial charge in [-0.2, -0.15) is 0 Å². The van der Waals surface area contributed by atoms with Gasteiger partial charge in [0.15, 0.2) is 6.61 Å². The molecule has 3 rings (SSSR count). The van der Waals surface area contributed by atoms with Gasteiger partial charge in [0.2, 0.25) is 0 Å². The van der Waals surface area contributed by atoms with Crippen LogP contribution in [0.2, 0.25) is 0 Å². The highest BCUT2D eigenvalue weighted by atomic mass is 16.5. The van der Waals surface area contributed by atoms with Gasteiger partial charge in [-0.3, -0.25) is 25.2 Å². The van der Waals surface area contributed by atoms with Gasteiger partial charge in [-0.25, -0.2) is 0 Å². The molecule has 3 aromatic carbocycles. The lowest BCUT2D eigenvalue weighted by molar-refractivity contribution is -0.118. The fourth-order valence-corrected chi connectivity index (χ4v) is 3.07. The summed E-state index contributed by atoms with van der Waals surface area (Å²) >= 11 is 0. The van der Waals surface area contributed by atoms with Crippen LogP contribution >= 0.6 is 0 Å². The first-order chi connectivity index (χ1) is 15.9. The fraction of sp³-hybridized carbons (Fsp3) is 0.160. The molecule has 0 aliphatic rings. The lowest BCUT2D eigenvalue weighted by atomic mass is 10.1. The Morgan fingerprint density at radius 3 is 2.24 bits per heavy atom. The number of nitrogens with one attached hydrogen (secondary N) is 3. The highest BCUT2D eigenvalue weighted by Crippen LogP contribution is 2.17. The van der Waals surface area contributed by atoms with Gasteiger partial charge in [-0.1, -0.05) is 23.8 Å². The summed E-state index contributed by atoms with van der Waals surface area (Å²) in [4.78, 5) is 36.7. The smallest absolute Gasteiger partial charge is 0.269 e. The summed E-state index contributed by atoms with van der Waals surface area (Å²) < 4.78 is 10.6. The topological polar surface area (TPSA) is 106 Å². The Kier molecular flexibility index (Phi) is 7.64. The molecule has 0 fully saturated rings. The quantitative estimate of drug-likeness (QED) is 0.482. The number of anilines is 1. The monoisotopic (exact) mass is 447 g/mol. The molecule has 170 valence electrons. The van der Waals surface area contributed by atoms with Crippen LogP contribution < -0.4 is 25.6 Å². The molecule has 0 radical (unpaired) electrons. The number of methoxy groups -OCH3 is 1. The molecule has 0 aliphatic heterocycles. The van der Waals surface area contributed by atoms with E-state index >= 15 is 0 Å². The molecule has 0 aliphatic carbocycles. The molecule has 3 aromatic rings. The van der Waals surface area contributed by atoms with Gasteiger partial charge in [-0.05, 0) is 61.9 Å². The Bertz CT molecular complexity index is 1160. The van der Waals surface area contributed by atoms with E-state index < -0.39 is 11.8 Å². The molecule has 0 heterocycles. The minimum absolute atomic E-state index is 0.200. The average molecular weight is 447 g/mol. The van der Waals surface area contributed by atoms with Crippen molar-refractivity contribution >= 4 is 23.4 Å². The highest BCUT2D eigenvalue weighted by Gasteiger charge is 2.12. The zero-order valence-electron chi connectivity index (χ0n) is 18.6. The Morgan fingerprint density at radius 1 is 0.818 bits per heavy atom. The van der Waals surface area contributed by atoms with Crippen LogP contribution in [-0.2, 0) is 4.79 Å². The first kappa shape index (κ1) is 23.3. The number of ether oxygens (including phenoxy) is 2. The average Bonchev–Trinajstić information content (AvgIpc) is 2.81. The SMILES string of the molecule is COc1cccc(NC(=O)COc2ccc(C(=O)NNC(=O)c3ccc(C)cc3C)cc2)c1. The highest BCUT2D eigenvalue weighted by molar-refractivity contribution is 5.99. The summed E-state index contributed by atoms with van der Waals surface area (Å²) in [6.45, 7) is 3.57. The van der Waals surface area contributed by atoms with Crippen LogP contribution in [0.1, 0.15) is 31.8 Å². The van der Waals surface area contributed by atoms with Crippen molar-refractivity contribution < 1.29 is 23.9 Å². The Morgan fingerprint density at radius 2 is 1.55 bits per heavy atom. The number of hydrazine groups is 1. The second-order valence-electron chi connectivity index (χ2n) is 7.32. The van der Waals surface area contributed by atoms with Crippen LogP contribution in [0.3, 0.4) is 0 Å². The summed E-state index contributed by atoms with van der Waals surface area (Å²) in [7, 11) is 1.55. The third kappa shape index (κ3) is 6.57. The van der Waals surface area contributed by atoms with Crippen LogP contribution in [0.25, 0.3) is 0 Å². The lowest BCUT2D eigenvalue weighted by Gasteiger charge is -2.11. The maximum absolute atomic E-state index is 12.3. The number of carbonyl (C=O) groups excluding carboxylic acids is 3. The molecular weight excluding hydrogens is 422 g/mol. The van der Waals surface area contributed by atoms with Crippen molar-refractivity contribution in [3.8, 4) is 11.5 Å². The van der Waals surface area contributed by atoms with Crippen LogP contribution in [0.4, 0.5) is 5.69 Å². The Hall–Kier alpha value is -4.33. The maximum atomic E-state index is 12.3. The maximum Gasteiger partial charge on any atom is 0.269 e. The van der Waals surface area contributed by atoms with Crippen molar-refractivity contribution in [2.45, 2.75) is 13.8 Å². The molecule has 0 aromatic heterocycles. The van der Waals surface area contributed by atoms with Crippen LogP contribution in [0, 0.1) is 13.8 Å². The standard InChI is InChI=1S/C25H25N3O5/c1-16-7-12-22(17(2)13-16)25(31)28-27-24(30)18-8-10-20(11-9-18)33-15-23(29)26-19-5-4-6-21(14-19)32-3/h4-14H,15H2,1-3H3,(H,26,29)(H,27,30)(H,28,31). The van der Waals surface area contributed by atoms with E-state index in [1.54, 1.807) is 49.6 Å². The predicted molar refractivity (Wildman–Crippen MR) is 124 cm³/mol. The molecule has 0 saturated heterocycles. The number of carbonyl (C=O) groups is 3. The molecule has 33 heavy (non-hydrogen) atoms. The Balaban J connectivity index is 1.48. The van der Waals surface area contributed by atoms with Crippen LogP contribution in [-0.4, -0.2) is 31.4 Å². The fourth-order valence-electron chi connectivity index (χ4n) is 3.07. The minimum Gasteiger partial charge on any atom is -0.497 e. The van der Waals surface area contributed by atoms with E-state index in [1.807, 2.05) is 26.0 Å². The molecular formula is C25H25N3O5. The van der Waals surface area contributed by atoms with Crippen LogP contribution in [0.15, 0.2) is 66.7 Å². The van der Waals surface area contributed by atoms with Gasteiger partial charge in [0.25, 0.3) is 17.7 Å². The second kappa shape index (κ2) is 10.8. The van der Waals surface area contributed by atoms with Crippen molar-refractivity contribution in [2.75, 3.05) is 19.0 Å². The summed E-state index contributed by atoms with van der Waals surface area (Å²) in [6.07, 6.45) is 0. The van der Waals surface area contributed by atoms with Gasteiger partial charge in [-0.15, -0.1) is 0 Å². The third-order valence-electron chi connectivity index (χ3n) is 4.76. The molecule has 0 spiro atoms. The second-order valence-corrected chi connectivity index (χ2v) is 7.32. The van der Waals surface area contributed by atoms with Crippen molar-refractivity contribution in [3.05, 3.63) is 89.0 Å². The largest absolute Gasteiger partial charge is 0.497 e. The molecule has 0 atom stereocenters. The van der Waals surface area contributed by atoms with E-state index in [0.717, 1.165) is 11.1 Å². The Labute approximate surface area is 191 Å². The van der Waals surface area contributed by atoms with E-state index in [-0.39, 0.29) is 12.5 Å². The van der Waals surface area contributed by atoms with E-state index in [4.69, 9.17) is 9.47 Å². The minimum atomic E-state index is -0.476. The number of amides is 3. The van der Waals surface area contributed by atoms with Gasteiger partial charge in [0.05, 0.1) is 7.11 Å². The molecule has 0 bridgehead atoms. The van der Waals surface area contributed by atoms with E-state index in [0.29, 0.717) is 28.3 Å². The van der Waals surface area contributed by atoms with Gasteiger partial charge in [0, 0.05) is 22.9 Å².